The Bertz CT molecular complexity index is 545. The summed E-state index contributed by atoms with van der Waals surface area (Å²) >= 11 is 6.94. The highest BCUT2D eigenvalue weighted by atomic mass is 35.5. The molecule has 0 amide bonds. The number of aromatic hydroxyl groups is 1. The van der Waals surface area contributed by atoms with Crippen LogP contribution in [0.15, 0.2) is 24.4 Å². The average molecular weight is 237 g/mol. The van der Waals surface area contributed by atoms with Crippen molar-refractivity contribution in [1.82, 2.24) is 4.98 Å². The number of nitriles is 1. The molecule has 1 N–H and O–H groups in total. The molecule has 3 nitrogen and oxygen atoms in total. The lowest BCUT2D eigenvalue weighted by molar-refractivity contribution is 0.475. The number of halogens is 1. The molecule has 0 bridgehead atoms. The van der Waals surface area contributed by atoms with Gasteiger partial charge in [-0.05, 0) is 12.1 Å². The minimum Gasteiger partial charge on any atom is -0.506 e. The lowest BCUT2D eigenvalue weighted by Gasteiger charge is -2.00. The van der Waals surface area contributed by atoms with Gasteiger partial charge >= 0.3 is 0 Å². The predicted molar refractivity (Wildman–Crippen MR) is 58.9 cm³/mol. The summed E-state index contributed by atoms with van der Waals surface area (Å²) in [5, 5.41) is 18.7. The van der Waals surface area contributed by atoms with Crippen LogP contribution in [0.5, 0.6) is 5.75 Å². The van der Waals surface area contributed by atoms with Gasteiger partial charge in [0.25, 0.3) is 0 Å². The summed E-state index contributed by atoms with van der Waals surface area (Å²) in [6.45, 7) is 0. The Hall–Kier alpha value is -1.57. The number of pyridine rings is 1. The second-order valence-electron chi connectivity index (χ2n) is 2.80. The molecule has 2 aromatic rings. The summed E-state index contributed by atoms with van der Waals surface area (Å²) in [7, 11) is 0. The van der Waals surface area contributed by atoms with Crippen molar-refractivity contribution < 1.29 is 5.11 Å². The minimum atomic E-state index is 0.0221. The third-order valence-electron chi connectivity index (χ3n) is 1.78. The number of hydrogen-bond donors (Lipinski definition) is 1. The average Bonchev–Trinajstić information content (AvgIpc) is 2.66. The Morgan fingerprint density at radius 2 is 2.27 bits per heavy atom. The molecular weight excluding hydrogens is 232 g/mol. The van der Waals surface area contributed by atoms with E-state index in [2.05, 4.69) is 4.98 Å². The molecule has 0 aliphatic rings. The highest BCUT2D eigenvalue weighted by Gasteiger charge is 2.09. The van der Waals surface area contributed by atoms with E-state index in [0.29, 0.717) is 15.6 Å². The fourth-order valence-electron chi connectivity index (χ4n) is 1.14. The van der Waals surface area contributed by atoms with Crippen LogP contribution in [0.2, 0.25) is 5.02 Å². The van der Waals surface area contributed by atoms with E-state index in [-0.39, 0.29) is 5.75 Å². The first-order valence-electron chi connectivity index (χ1n) is 4.05. The summed E-state index contributed by atoms with van der Waals surface area (Å²) < 4.78 is 0. The van der Waals surface area contributed by atoms with Crippen LogP contribution in [0.3, 0.4) is 0 Å². The third kappa shape index (κ3) is 1.94. The van der Waals surface area contributed by atoms with Crippen LogP contribution in [0.1, 0.15) is 4.88 Å². The molecule has 0 aromatic carbocycles. The second-order valence-corrected chi connectivity index (χ2v) is 4.32. The normalized spacial score (nSPS) is 9.87. The zero-order chi connectivity index (χ0) is 10.8. The molecule has 0 spiro atoms. The van der Waals surface area contributed by atoms with Gasteiger partial charge in [-0.3, -0.25) is 0 Å². The molecule has 0 aliphatic carbocycles. The molecule has 0 saturated heterocycles. The highest BCUT2D eigenvalue weighted by molar-refractivity contribution is 7.16. The number of aromatic nitrogens is 1. The van der Waals surface area contributed by atoms with Gasteiger partial charge in [-0.25, -0.2) is 4.98 Å². The predicted octanol–water partition coefficient (Wildman–Crippen LogP) is 3.04. The lowest BCUT2D eigenvalue weighted by Crippen LogP contribution is -1.80. The smallest absolute Gasteiger partial charge is 0.144 e. The van der Waals surface area contributed by atoms with Crippen LogP contribution >= 0.6 is 22.9 Å². The van der Waals surface area contributed by atoms with Gasteiger partial charge < -0.3 is 5.11 Å². The Morgan fingerprint density at radius 3 is 2.87 bits per heavy atom. The quantitative estimate of drug-likeness (QED) is 0.828. The summed E-state index contributed by atoms with van der Waals surface area (Å²) in [5.74, 6) is 0.0221. The lowest BCUT2D eigenvalue weighted by atomic mass is 10.3. The Morgan fingerprint density at radius 1 is 1.47 bits per heavy atom. The fourth-order valence-corrected chi connectivity index (χ4v) is 2.10. The van der Waals surface area contributed by atoms with Crippen LogP contribution in [0.4, 0.5) is 0 Å². The molecule has 5 heteroatoms. The topological polar surface area (TPSA) is 56.9 Å². The van der Waals surface area contributed by atoms with E-state index in [4.69, 9.17) is 16.9 Å². The van der Waals surface area contributed by atoms with E-state index in [1.807, 2.05) is 6.07 Å². The maximum Gasteiger partial charge on any atom is 0.144 e. The molecule has 0 radical (unpaired) electrons. The molecule has 74 valence electrons. The molecule has 2 rings (SSSR count). The summed E-state index contributed by atoms with van der Waals surface area (Å²) in [4.78, 5) is 5.35. The molecule has 2 aromatic heterocycles. The maximum atomic E-state index is 9.60. The molecule has 0 unspecified atom stereocenters. The second kappa shape index (κ2) is 3.89. The monoisotopic (exact) mass is 236 g/mol. The van der Waals surface area contributed by atoms with Crippen molar-refractivity contribution in [3.05, 3.63) is 34.3 Å². The largest absolute Gasteiger partial charge is 0.506 e. The SMILES string of the molecule is N#Cc1ccc(-c2ncc(Cl)cc2O)s1. The van der Waals surface area contributed by atoms with Crippen LogP contribution in [-0.4, -0.2) is 10.1 Å². The van der Waals surface area contributed by atoms with E-state index in [1.54, 1.807) is 12.1 Å². The zero-order valence-electron chi connectivity index (χ0n) is 7.44. The highest BCUT2D eigenvalue weighted by Crippen LogP contribution is 2.33. The van der Waals surface area contributed by atoms with Crippen molar-refractivity contribution in [1.29, 1.82) is 5.26 Å². The van der Waals surface area contributed by atoms with Gasteiger partial charge in [-0.2, -0.15) is 5.26 Å². The number of nitrogens with zero attached hydrogens (tertiary/aromatic N) is 2. The Kier molecular flexibility index (Phi) is 2.58. The van der Waals surface area contributed by atoms with Gasteiger partial charge in [0.1, 0.15) is 22.4 Å². The van der Waals surface area contributed by atoms with Crippen molar-refractivity contribution in [2.24, 2.45) is 0 Å². The van der Waals surface area contributed by atoms with E-state index < -0.39 is 0 Å². The van der Waals surface area contributed by atoms with Gasteiger partial charge in [0, 0.05) is 12.3 Å². The molecular formula is C10H5ClN2OS. The Labute approximate surface area is 95.2 Å². The van der Waals surface area contributed by atoms with Crippen molar-refractivity contribution in [2.75, 3.05) is 0 Å². The first-order chi connectivity index (χ1) is 7.20. The number of rotatable bonds is 1. The standard InChI is InChI=1S/C10H5ClN2OS/c11-6-3-8(14)10(13-5-6)9-2-1-7(4-12)15-9/h1-3,5,14H. The van der Waals surface area contributed by atoms with Crippen LogP contribution < -0.4 is 0 Å². The molecule has 0 atom stereocenters. The molecule has 0 fully saturated rings. The van der Waals surface area contributed by atoms with Crippen molar-refractivity contribution >= 4 is 22.9 Å². The molecule has 0 aliphatic heterocycles. The minimum absolute atomic E-state index is 0.0221. The van der Waals surface area contributed by atoms with Gasteiger partial charge in [0.2, 0.25) is 0 Å². The van der Waals surface area contributed by atoms with Gasteiger partial charge in [-0.1, -0.05) is 11.6 Å². The van der Waals surface area contributed by atoms with Crippen LogP contribution in [0, 0.1) is 11.3 Å². The summed E-state index contributed by atoms with van der Waals surface area (Å²) in [6, 6.07) is 6.90. The van der Waals surface area contributed by atoms with E-state index in [1.165, 1.54) is 23.6 Å². The maximum absolute atomic E-state index is 9.60. The van der Waals surface area contributed by atoms with Crippen LogP contribution in [0.25, 0.3) is 10.6 Å². The van der Waals surface area contributed by atoms with Crippen molar-refractivity contribution in [3.63, 3.8) is 0 Å². The first-order valence-corrected chi connectivity index (χ1v) is 5.25. The number of hydrogen-bond acceptors (Lipinski definition) is 4. The zero-order valence-corrected chi connectivity index (χ0v) is 9.01. The van der Waals surface area contributed by atoms with E-state index in [0.717, 1.165) is 4.88 Å². The first kappa shape index (κ1) is 9.97. The fraction of sp³-hybridized carbons (Fsp3) is 0. The van der Waals surface area contributed by atoms with Gasteiger partial charge in [-0.15, -0.1) is 11.3 Å². The molecule has 0 saturated carbocycles. The third-order valence-corrected chi connectivity index (χ3v) is 2.99. The van der Waals surface area contributed by atoms with Crippen molar-refractivity contribution in [2.45, 2.75) is 0 Å². The van der Waals surface area contributed by atoms with E-state index >= 15 is 0 Å². The van der Waals surface area contributed by atoms with Gasteiger partial charge in [0.05, 0.1) is 9.90 Å². The Balaban J connectivity index is 2.50. The summed E-state index contributed by atoms with van der Waals surface area (Å²) in [5.41, 5.74) is 0.450. The van der Waals surface area contributed by atoms with E-state index in [9.17, 15) is 5.11 Å². The molecule has 15 heavy (non-hydrogen) atoms. The summed E-state index contributed by atoms with van der Waals surface area (Å²) in [6.07, 6.45) is 1.46. The number of thiophene rings is 1. The van der Waals surface area contributed by atoms with Crippen LogP contribution in [-0.2, 0) is 0 Å². The van der Waals surface area contributed by atoms with Gasteiger partial charge in [0.15, 0.2) is 0 Å². The van der Waals surface area contributed by atoms with Crippen molar-refractivity contribution in [3.8, 4) is 22.4 Å². The molecule has 2 heterocycles.